The van der Waals surface area contributed by atoms with Crippen molar-refractivity contribution in [1.29, 1.82) is 0 Å². The van der Waals surface area contributed by atoms with Crippen LogP contribution in [-0.2, 0) is 13.0 Å². The molecule has 1 aromatic heterocycles. The van der Waals surface area contributed by atoms with Crippen LogP contribution < -0.4 is 5.32 Å². The maximum atomic E-state index is 13.5. The summed E-state index contributed by atoms with van der Waals surface area (Å²) >= 11 is 0. The van der Waals surface area contributed by atoms with Crippen LogP contribution in [0.1, 0.15) is 22.6 Å². The maximum Gasteiger partial charge on any atom is 0.254 e. The molecule has 0 saturated heterocycles. The highest BCUT2D eigenvalue weighted by atomic mass is 19.2. The number of amides is 1. The van der Waals surface area contributed by atoms with Gasteiger partial charge in [0.1, 0.15) is 5.82 Å². The molecule has 0 fully saturated rings. The van der Waals surface area contributed by atoms with Gasteiger partial charge in [0.25, 0.3) is 5.91 Å². The van der Waals surface area contributed by atoms with Crippen molar-refractivity contribution in [3.8, 4) is 0 Å². The lowest BCUT2D eigenvalue weighted by Gasteiger charge is -2.24. The summed E-state index contributed by atoms with van der Waals surface area (Å²) < 4.78 is 28.7. The van der Waals surface area contributed by atoms with Crippen LogP contribution in [0.15, 0.2) is 30.6 Å². The molecule has 2 aromatic rings. The monoisotopic (exact) mass is 291 g/mol. The van der Waals surface area contributed by atoms with Crippen molar-refractivity contribution in [2.24, 2.45) is 5.92 Å². The Morgan fingerprint density at radius 2 is 2.29 bits per heavy atom. The lowest BCUT2D eigenvalue weighted by atomic mass is 9.99. The minimum Gasteiger partial charge on any atom is -0.352 e. The number of carbonyl (C=O) groups is 1. The number of benzene rings is 1. The second kappa shape index (κ2) is 5.63. The highest BCUT2D eigenvalue weighted by molar-refractivity contribution is 5.94. The average molecular weight is 291 g/mol. The zero-order valence-corrected chi connectivity index (χ0v) is 11.4. The summed E-state index contributed by atoms with van der Waals surface area (Å²) in [5, 5.41) is 2.68. The Labute approximate surface area is 120 Å². The molecular formula is C15H15F2N3O. The second-order valence-electron chi connectivity index (χ2n) is 5.21. The van der Waals surface area contributed by atoms with E-state index in [1.807, 2.05) is 6.20 Å². The second-order valence-corrected chi connectivity index (χ2v) is 5.21. The van der Waals surface area contributed by atoms with Crippen molar-refractivity contribution in [1.82, 2.24) is 14.9 Å². The van der Waals surface area contributed by atoms with Crippen molar-refractivity contribution in [3.05, 3.63) is 53.6 Å². The van der Waals surface area contributed by atoms with E-state index in [4.69, 9.17) is 0 Å². The van der Waals surface area contributed by atoms with Crippen LogP contribution in [-0.4, -0.2) is 22.0 Å². The van der Waals surface area contributed by atoms with Crippen molar-refractivity contribution >= 4 is 5.91 Å². The third kappa shape index (κ3) is 2.79. The summed E-state index contributed by atoms with van der Waals surface area (Å²) in [6.07, 6.45) is 5.46. The Morgan fingerprint density at radius 3 is 3.14 bits per heavy atom. The summed E-state index contributed by atoms with van der Waals surface area (Å²) in [4.78, 5) is 16.2. The van der Waals surface area contributed by atoms with E-state index in [9.17, 15) is 13.6 Å². The number of hydrogen-bond acceptors (Lipinski definition) is 2. The fourth-order valence-corrected chi connectivity index (χ4v) is 2.62. The van der Waals surface area contributed by atoms with E-state index >= 15 is 0 Å². The smallest absolute Gasteiger partial charge is 0.254 e. The van der Waals surface area contributed by atoms with Gasteiger partial charge in [-0.2, -0.15) is 0 Å². The minimum absolute atomic E-state index is 0.255. The van der Waals surface area contributed by atoms with Crippen LogP contribution in [0.4, 0.5) is 8.78 Å². The van der Waals surface area contributed by atoms with E-state index in [2.05, 4.69) is 14.9 Å². The number of aromatic nitrogens is 2. The van der Waals surface area contributed by atoms with Gasteiger partial charge in [0.2, 0.25) is 0 Å². The molecule has 0 spiro atoms. The summed E-state index contributed by atoms with van der Waals surface area (Å²) in [6.45, 7) is 1.22. The Balaban J connectivity index is 1.61. The lowest BCUT2D eigenvalue weighted by Crippen LogP contribution is -2.34. The molecule has 1 atom stereocenters. The molecule has 2 heterocycles. The molecule has 0 saturated carbocycles. The number of nitrogens with one attached hydrogen (secondary N) is 1. The predicted molar refractivity (Wildman–Crippen MR) is 72.7 cm³/mol. The molecule has 4 nitrogen and oxygen atoms in total. The van der Waals surface area contributed by atoms with Gasteiger partial charge in [0.05, 0.1) is 5.56 Å². The van der Waals surface area contributed by atoms with Crippen LogP contribution in [0, 0.1) is 17.6 Å². The number of fused-ring (bicyclic) bond motifs is 1. The van der Waals surface area contributed by atoms with Crippen molar-refractivity contribution in [3.63, 3.8) is 0 Å². The quantitative estimate of drug-likeness (QED) is 0.942. The topological polar surface area (TPSA) is 46.9 Å². The minimum atomic E-state index is -1.10. The van der Waals surface area contributed by atoms with Gasteiger partial charge >= 0.3 is 0 Å². The van der Waals surface area contributed by atoms with Crippen LogP contribution in [0.25, 0.3) is 0 Å². The van der Waals surface area contributed by atoms with Gasteiger partial charge in [-0.05, 0) is 24.5 Å². The third-order valence-electron chi connectivity index (χ3n) is 3.78. The van der Waals surface area contributed by atoms with E-state index < -0.39 is 17.5 Å². The van der Waals surface area contributed by atoms with Gasteiger partial charge in [-0.1, -0.05) is 6.07 Å². The van der Waals surface area contributed by atoms with E-state index in [0.29, 0.717) is 6.54 Å². The molecule has 110 valence electrons. The molecule has 0 aliphatic carbocycles. The Bertz CT molecular complexity index is 669. The number of aryl methyl sites for hydroxylation is 1. The normalized spacial score (nSPS) is 17.3. The van der Waals surface area contributed by atoms with Crippen molar-refractivity contribution < 1.29 is 13.6 Å². The molecule has 1 aliphatic rings. The molecule has 21 heavy (non-hydrogen) atoms. The Morgan fingerprint density at radius 1 is 1.43 bits per heavy atom. The van der Waals surface area contributed by atoms with Crippen LogP contribution >= 0.6 is 0 Å². The van der Waals surface area contributed by atoms with Crippen LogP contribution in [0.3, 0.4) is 0 Å². The summed E-state index contributed by atoms with van der Waals surface area (Å²) in [5.41, 5.74) is -0.255. The molecule has 0 radical (unpaired) electrons. The van der Waals surface area contributed by atoms with Gasteiger partial charge in [0, 0.05) is 31.9 Å². The average Bonchev–Trinajstić information content (AvgIpc) is 2.95. The Kier molecular flexibility index (Phi) is 3.68. The van der Waals surface area contributed by atoms with Crippen molar-refractivity contribution in [2.45, 2.75) is 19.4 Å². The fraction of sp³-hybridized carbons (Fsp3) is 0.333. The largest absolute Gasteiger partial charge is 0.352 e. The first-order chi connectivity index (χ1) is 10.1. The van der Waals surface area contributed by atoms with E-state index in [1.165, 1.54) is 12.1 Å². The van der Waals surface area contributed by atoms with Crippen LogP contribution in [0.5, 0.6) is 0 Å². The zero-order valence-electron chi connectivity index (χ0n) is 11.4. The first-order valence-electron chi connectivity index (χ1n) is 6.87. The molecule has 6 heteroatoms. The number of rotatable bonds is 3. The molecule has 0 unspecified atom stereocenters. The molecule has 1 N–H and O–H groups in total. The number of nitrogens with zero attached hydrogens (tertiary/aromatic N) is 2. The van der Waals surface area contributed by atoms with Gasteiger partial charge in [-0.3, -0.25) is 4.79 Å². The molecule has 3 rings (SSSR count). The molecule has 0 bridgehead atoms. The standard InChI is InChI=1S/C15H15F2N3O/c16-12-3-1-2-11(14(12)17)15(21)19-8-10-4-5-13-18-6-7-20(13)9-10/h1-3,6-7,10H,4-5,8-9H2,(H,19,21)/t10-/m0/s1. The predicted octanol–water partition coefficient (Wildman–Crippen LogP) is 2.15. The SMILES string of the molecule is O=C(NC[C@@H]1CCc2nccn2C1)c1cccc(F)c1F. The highest BCUT2D eigenvalue weighted by Crippen LogP contribution is 2.18. The maximum absolute atomic E-state index is 13.5. The molecular weight excluding hydrogens is 276 g/mol. The summed E-state index contributed by atoms with van der Waals surface area (Å²) in [5.74, 6) is -1.37. The van der Waals surface area contributed by atoms with E-state index in [1.54, 1.807) is 6.20 Å². The summed E-state index contributed by atoms with van der Waals surface area (Å²) in [7, 11) is 0. The van der Waals surface area contributed by atoms with Crippen molar-refractivity contribution in [2.75, 3.05) is 6.54 Å². The van der Waals surface area contributed by atoms with Gasteiger partial charge in [0.15, 0.2) is 11.6 Å². The Hall–Kier alpha value is -2.24. The molecule has 1 amide bonds. The van der Waals surface area contributed by atoms with Gasteiger partial charge in [-0.15, -0.1) is 0 Å². The van der Waals surface area contributed by atoms with Gasteiger partial charge in [-0.25, -0.2) is 13.8 Å². The highest BCUT2D eigenvalue weighted by Gasteiger charge is 2.20. The summed E-state index contributed by atoms with van der Waals surface area (Å²) in [6, 6.07) is 3.60. The first kappa shape index (κ1) is 13.7. The molecule has 1 aliphatic heterocycles. The lowest BCUT2D eigenvalue weighted by molar-refractivity contribution is 0.0938. The zero-order chi connectivity index (χ0) is 14.8. The van der Waals surface area contributed by atoms with Crippen LogP contribution in [0.2, 0.25) is 0 Å². The third-order valence-corrected chi connectivity index (χ3v) is 3.78. The number of carbonyl (C=O) groups excluding carboxylic acids is 1. The number of imidazole rings is 1. The van der Waals surface area contributed by atoms with E-state index in [-0.39, 0.29) is 11.5 Å². The first-order valence-corrected chi connectivity index (χ1v) is 6.87. The molecule has 1 aromatic carbocycles. The number of halogens is 2. The number of hydrogen-bond donors (Lipinski definition) is 1. The fourth-order valence-electron chi connectivity index (χ4n) is 2.62. The van der Waals surface area contributed by atoms with Gasteiger partial charge < -0.3 is 9.88 Å². The van der Waals surface area contributed by atoms with E-state index in [0.717, 1.165) is 31.3 Å².